The minimum absolute atomic E-state index is 0.112. The van der Waals surface area contributed by atoms with Crippen LogP contribution in [0.3, 0.4) is 0 Å². The van der Waals surface area contributed by atoms with E-state index >= 15 is 0 Å². The molecule has 1 aliphatic rings. The van der Waals surface area contributed by atoms with Crippen molar-refractivity contribution in [2.75, 3.05) is 6.54 Å². The number of nitrogens with one attached hydrogen (secondary N) is 2. The quantitative estimate of drug-likeness (QED) is 0.575. The van der Waals surface area contributed by atoms with Gasteiger partial charge in [0.2, 0.25) is 5.91 Å². The first kappa shape index (κ1) is 22.3. The van der Waals surface area contributed by atoms with E-state index in [1.165, 1.54) is 12.3 Å². The fourth-order valence-electron chi connectivity index (χ4n) is 3.80. The fraction of sp³-hybridized carbons (Fsp3) is 0.333. The number of rotatable bonds is 7. The van der Waals surface area contributed by atoms with E-state index in [1.54, 1.807) is 28.6 Å². The molecule has 9 nitrogen and oxygen atoms in total. The van der Waals surface area contributed by atoms with Crippen molar-refractivity contribution >= 4 is 17.7 Å². The van der Waals surface area contributed by atoms with Gasteiger partial charge in [0.05, 0.1) is 12.8 Å². The molecule has 0 unspecified atom stereocenters. The van der Waals surface area contributed by atoms with Gasteiger partial charge < -0.3 is 20.0 Å². The van der Waals surface area contributed by atoms with E-state index in [1.807, 2.05) is 25.1 Å². The second kappa shape index (κ2) is 9.72. The molecule has 0 aliphatic carbocycles. The van der Waals surface area contributed by atoms with Gasteiger partial charge in [-0.1, -0.05) is 29.8 Å². The van der Waals surface area contributed by atoms with Crippen molar-refractivity contribution in [2.24, 2.45) is 0 Å². The molecule has 0 saturated carbocycles. The Morgan fingerprint density at radius 2 is 2.03 bits per heavy atom. The number of fused-ring (bicyclic) bond motifs is 1. The summed E-state index contributed by atoms with van der Waals surface area (Å²) in [5.74, 6) is -0.395. The number of benzene rings is 1. The average molecular weight is 450 g/mol. The third-order valence-corrected chi connectivity index (χ3v) is 5.53. The second-order valence-electron chi connectivity index (χ2n) is 8.20. The van der Waals surface area contributed by atoms with Crippen molar-refractivity contribution in [3.8, 4) is 0 Å². The van der Waals surface area contributed by atoms with Crippen LogP contribution in [0.2, 0.25) is 0 Å². The molecule has 9 heteroatoms. The zero-order chi connectivity index (χ0) is 23.4. The first-order chi connectivity index (χ1) is 15.9. The number of aromatic nitrogens is 2. The molecule has 33 heavy (non-hydrogen) atoms. The molecule has 1 aromatic carbocycles. The van der Waals surface area contributed by atoms with Crippen LogP contribution >= 0.6 is 0 Å². The first-order valence-electron chi connectivity index (χ1n) is 10.9. The van der Waals surface area contributed by atoms with E-state index in [4.69, 9.17) is 4.42 Å². The summed E-state index contributed by atoms with van der Waals surface area (Å²) < 4.78 is 6.76. The molecule has 3 heterocycles. The lowest BCUT2D eigenvalue weighted by atomic mass is 10.1. The number of aryl methyl sites for hydroxylation is 2. The van der Waals surface area contributed by atoms with Crippen LogP contribution in [0, 0.1) is 6.92 Å². The van der Waals surface area contributed by atoms with Gasteiger partial charge in [-0.15, -0.1) is 0 Å². The molecule has 2 N–H and O–H groups in total. The normalized spacial score (nSPS) is 14.4. The lowest BCUT2D eigenvalue weighted by Crippen LogP contribution is -2.44. The molecular weight excluding hydrogens is 422 g/mol. The Morgan fingerprint density at radius 3 is 2.79 bits per heavy atom. The maximum atomic E-state index is 13.2. The van der Waals surface area contributed by atoms with Gasteiger partial charge in [-0.05, 0) is 38.0 Å². The monoisotopic (exact) mass is 449 g/mol. The van der Waals surface area contributed by atoms with Crippen molar-refractivity contribution < 1.29 is 18.8 Å². The Kier molecular flexibility index (Phi) is 6.58. The van der Waals surface area contributed by atoms with Crippen LogP contribution in [0.5, 0.6) is 0 Å². The molecule has 1 aliphatic heterocycles. The molecule has 1 atom stereocenters. The molecule has 3 amide bonds. The van der Waals surface area contributed by atoms with E-state index in [2.05, 4.69) is 21.8 Å². The van der Waals surface area contributed by atoms with Crippen LogP contribution < -0.4 is 10.6 Å². The van der Waals surface area contributed by atoms with Crippen LogP contribution in [0.15, 0.2) is 53.1 Å². The van der Waals surface area contributed by atoms with Gasteiger partial charge >= 0.3 is 0 Å². The van der Waals surface area contributed by atoms with Crippen molar-refractivity contribution in [1.29, 1.82) is 0 Å². The van der Waals surface area contributed by atoms with Crippen molar-refractivity contribution in [3.63, 3.8) is 0 Å². The average Bonchev–Trinajstić information content (AvgIpc) is 3.44. The topological polar surface area (TPSA) is 109 Å². The van der Waals surface area contributed by atoms with Gasteiger partial charge in [-0.25, -0.2) is 0 Å². The predicted octanol–water partition coefficient (Wildman–Crippen LogP) is 2.27. The molecule has 0 spiro atoms. The van der Waals surface area contributed by atoms with Gasteiger partial charge in [0.25, 0.3) is 11.8 Å². The van der Waals surface area contributed by atoms with Crippen LogP contribution in [0.25, 0.3) is 0 Å². The van der Waals surface area contributed by atoms with Gasteiger partial charge in [-0.3, -0.25) is 19.1 Å². The summed E-state index contributed by atoms with van der Waals surface area (Å²) in [6.45, 7) is 5.50. The molecule has 0 bridgehead atoms. The molecular formula is C24H27N5O4. The van der Waals surface area contributed by atoms with E-state index in [-0.39, 0.29) is 24.1 Å². The Balaban J connectivity index is 1.40. The summed E-state index contributed by atoms with van der Waals surface area (Å²) in [7, 11) is 0. The largest absolute Gasteiger partial charge is 0.467 e. The smallest absolute Gasteiger partial charge is 0.272 e. The Bertz CT molecular complexity index is 1150. The molecule has 2 aromatic heterocycles. The number of carbonyl (C=O) groups excluding carboxylic acids is 3. The Hall–Kier alpha value is -3.88. The van der Waals surface area contributed by atoms with Crippen molar-refractivity contribution in [1.82, 2.24) is 25.3 Å². The maximum absolute atomic E-state index is 13.2. The highest BCUT2D eigenvalue weighted by molar-refractivity contribution is 5.99. The van der Waals surface area contributed by atoms with Crippen LogP contribution in [0.1, 0.15) is 51.2 Å². The highest BCUT2D eigenvalue weighted by atomic mass is 16.3. The third kappa shape index (κ3) is 5.31. The van der Waals surface area contributed by atoms with E-state index in [0.29, 0.717) is 31.1 Å². The maximum Gasteiger partial charge on any atom is 0.272 e. The standard InChI is InChI=1S/C24H27N5O4/c1-16-6-3-7-18(12-16)15-28-9-5-10-29-21(24(28)32)13-20(27-29)23(31)26-17(2)22(30)25-14-19-8-4-11-33-19/h3-4,6-8,11-13,17H,5,9-10,14-15H2,1-2H3,(H,25,30)(H,26,31)/t17-/m0/s1. The van der Waals surface area contributed by atoms with Gasteiger partial charge in [0, 0.05) is 25.7 Å². The number of amides is 3. The molecule has 172 valence electrons. The lowest BCUT2D eigenvalue weighted by molar-refractivity contribution is -0.122. The van der Waals surface area contributed by atoms with Gasteiger partial charge in [0.15, 0.2) is 5.69 Å². The third-order valence-electron chi connectivity index (χ3n) is 5.53. The summed E-state index contributed by atoms with van der Waals surface area (Å²) >= 11 is 0. The van der Waals surface area contributed by atoms with Crippen LogP contribution in [-0.4, -0.2) is 45.0 Å². The molecule has 4 rings (SSSR count). The molecule has 0 fully saturated rings. The Labute approximate surface area is 191 Å². The van der Waals surface area contributed by atoms with E-state index in [0.717, 1.165) is 17.5 Å². The zero-order valence-corrected chi connectivity index (χ0v) is 18.7. The minimum Gasteiger partial charge on any atom is -0.467 e. The summed E-state index contributed by atoms with van der Waals surface area (Å²) in [6.07, 6.45) is 2.26. The van der Waals surface area contributed by atoms with E-state index < -0.39 is 11.9 Å². The highest BCUT2D eigenvalue weighted by Gasteiger charge is 2.27. The summed E-state index contributed by atoms with van der Waals surface area (Å²) in [6, 6.07) is 12.3. The van der Waals surface area contributed by atoms with Gasteiger partial charge in [0.1, 0.15) is 17.5 Å². The minimum atomic E-state index is -0.775. The van der Waals surface area contributed by atoms with Crippen LogP contribution in [-0.2, 0) is 24.4 Å². The zero-order valence-electron chi connectivity index (χ0n) is 18.7. The number of furan rings is 1. The second-order valence-corrected chi connectivity index (χ2v) is 8.20. The number of nitrogens with zero attached hydrogens (tertiary/aromatic N) is 3. The fourth-order valence-corrected chi connectivity index (χ4v) is 3.80. The number of carbonyl (C=O) groups is 3. The molecule has 3 aromatic rings. The first-order valence-corrected chi connectivity index (χ1v) is 10.9. The summed E-state index contributed by atoms with van der Waals surface area (Å²) in [5.41, 5.74) is 2.69. The van der Waals surface area contributed by atoms with Crippen LogP contribution in [0.4, 0.5) is 0 Å². The summed E-state index contributed by atoms with van der Waals surface area (Å²) in [5, 5.41) is 9.67. The van der Waals surface area contributed by atoms with Crippen molar-refractivity contribution in [2.45, 2.75) is 45.9 Å². The molecule has 0 saturated heterocycles. The van der Waals surface area contributed by atoms with Gasteiger partial charge in [-0.2, -0.15) is 5.10 Å². The number of hydrogen-bond acceptors (Lipinski definition) is 5. The van der Waals surface area contributed by atoms with Crippen molar-refractivity contribution in [3.05, 3.63) is 77.0 Å². The van der Waals surface area contributed by atoms with E-state index in [9.17, 15) is 14.4 Å². The highest BCUT2D eigenvalue weighted by Crippen LogP contribution is 2.17. The number of hydrogen-bond donors (Lipinski definition) is 2. The molecule has 0 radical (unpaired) electrons. The Morgan fingerprint density at radius 1 is 1.18 bits per heavy atom. The SMILES string of the molecule is Cc1cccc(CN2CCCn3nc(C(=O)N[C@@H](C)C(=O)NCc4ccco4)cc3C2=O)c1. The lowest BCUT2D eigenvalue weighted by Gasteiger charge is -2.20. The summed E-state index contributed by atoms with van der Waals surface area (Å²) in [4.78, 5) is 39.9. The predicted molar refractivity (Wildman–Crippen MR) is 120 cm³/mol.